The van der Waals surface area contributed by atoms with Crippen molar-refractivity contribution in [3.8, 4) is 0 Å². The van der Waals surface area contributed by atoms with Gasteiger partial charge in [0.2, 0.25) is 0 Å². The van der Waals surface area contributed by atoms with Gasteiger partial charge in [0.1, 0.15) is 5.69 Å². The number of carbonyl (C=O) groups is 1. The fraction of sp³-hybridized carbons (Fsp3) is 0.455. The Balaban J connectivity index is 1.41. The van der Waals surface area contributed by atoms with Crippen LogP contribution in [-0.4, -0.2) is 55.1 Å². The number of aromatic nitrogens is 1. The van der Waals surface area contributed by atoms with Gasteiger partial charge < -0.3 is 14.7 Å². The Morgan fingerprint density at radius 2 is 1.74 bits per heavy atom. The predicted octanol–water partition coefficient (Wildman–Crippen LogP) is 3.28. The van der Waals surface area contributed by atoms with E-state index in [1.54, 1.807) is 6.20 Å². The zero-order valence-electron chi connectivity index (χ0n) is 16.1. The van der Waals surface area contributed by atoms with E-state index in [-0.39, 0.29) is 5.91 Å². The van der Waals surface area contributed by atoms with Gasteiger partial charge in [-0.1, -0.05) is 25.1 Å². The molecule has 0 saturated carbocycles. The summed E-state index contributed by atoms with van der Waals surface area (Å²) in [7, 11) is 0. The average molecular weight is 364 g/mol. The maximum absolute atomic E-state index is 13.0. The number of nitrogens with zero attached hydrogens (tertiary/aromatic N) is 4. The van der Waals surface area contributed by atoms with Crippen molar-refractivity contribution in [1.82, 2.24) is 9.88 Å². The first-order valence-corrected chi connectivity index (χ1v) is 10.0. The molecule has 2 saturated heterocycles. The minimum Gasteiger partial charge on any atom is -0.371 e. The van der Waals surface area contributed by atoms with Crippen LogP contribution < -0.4 is 9.80 Å². The standard InChI is InChI=1S/C22H28N4O/c1-18-6-5-11-26(17-18)20-9-10-23-21(16-20)22(27)25-14-12-24(13-15-25)19-7-3-2-4-8-19/h2-4,7-10,16,18H,5-6,11-15,17H2,1H3. The molecule has 1 atom stereocenters. The van der Waals surface area contributed by atoms with Gasteiger partial charge in [0, 0.05) is 56.8 Å². The smallest absolute Gasteiger partial charge is 0.272 e. The number of benzene rings is 1. The molecule has 2 aliphatic heterocycles. The molecular weight excluding hydrogens is 336 g/mol. The number of hydrogen-bond donors (Lipinski definition) is 0. The largest absolute Gasteiger partial charge is 0.371 e. The molecule has 1 aromatic heterocycles. The summed E-state index contributed by atoms with van der Waals surface area (Å²) >= 11 is 0. The lowest BCUT2D eigenvalue weighted by molar-refractivity contribution is 0.0741. The van der Waals surface area contributed by atoms with Gasteiger partial charge in [-0.2, -0.15) is 0 Å². The summed E-state index contributed by atoms with van der Waals surface area (Å²) in [6, 6.07) is 14.4. The zero-order chi connectivity index (χ0) is 18.6. The third-order valence-electron chi connectivity index (χ3n) is 5.67. The van der Waals surface area contributed by atoms with Crippen LogP contribution in [0.1, 0.15) is 30.3 Å². The number of hydrogen-bond acceptors (Lipinski definition) is 4. The van der Waals surface area contributed by atoms with Crippen molar-refractivity contribution in [2.24, 2.45) is 5.92 Å². The van der Waals surface area contributed by atoms with Gasteiger partial charge >= 0.3 is 0 Å². The Bertz CT molecular complexity index is 771. The van der Waals surface area contributed by atoms with Crippen molar-refractivity contribution >= 4 is 17.3 Å². The van der Waals surface area contributed by atoms with Crippen LogP contribution in [0.3, 0.4) is 0 Å². The van der Waals surface area contributed by atoms with Crippen molar-refractivity contribution < 1.29 is 4.79 Å². The van der Waals surface area contributed by atoms with E-state index in [2.05, 4.69) is 46.0 Å². The molecule has 0 spiro atoms. The molecule has 0 aliphatic carbocycles. The normalized spacial score (nSPS) is 20.6. The van der Waals surface area contributed by atoms with Gasteiger partial charge in [-0.15, -0.1) is 0 Å². The quantitative estimate of drug-likeness (QED) is 0.838. The molecule has 27 heavy (non-hydrogen) atoms. The maximum atomic E-state index is 13.0. The highest BCUT2D eigenvalue weighted by Crippen LogP contribution is 2.24. The number of anilines is 2. The molecule has 3 heterocycles. The lowest BCUT2D eigenvalue weighted by Crippen LogP contribution is -2.49. The second-order valence-corrected chi connectivity index (χ2v) is 7.71. The van der Waals surface area contributed by atoms with Gasteiger partial charge in [0.25, 0.3) is 5.91 Å². The van der Waals surface area contributed by atoms with E-state index in [0.717, 1.165) is 45.0 Å². The molecule has 2 fully saturated rings. The molecule has 0 radical (unpaired) electrons. The van der Waals surface area contributed by atoms with Crippen LogP contribution in [0, 0.1) is 5.92 Å². The molecule has 2 aliphatic rings. The van der Waals surface area contributed by atoms with Gasteiger partial charge in [-0.25, -0.2) is 0 Å². The van der Waals surface area contributed by atoms with Crippen LogP contribution in [0.2, 0.25) is 0 Å². The first kappa shape index (κ1) is 17.8. The first-order chi connectivity index (χ1) is 13.2. The summed E-state index contributed by atoms with van der Waals surface area (Å²) in [4.78, 5) is 24.0. The molecular formula is C22H28N4O. The van der Waals surface area contributed by atoms with Gasteiger partial charge in [0.15, 0.2) is 0 Å². The molecule has 2 aromatic rings. The number of piperidine rings is 1. The molecule has 1 aromatic carbocycles. The van der Waals surface area contributed by atoms with Crippen LogP contribution in [0.5, 0.6) is 0 Å². The van der Waals surface area contributed by atoms with Gasteiger partial charge in [0.05, 0.1) is 0 Å². The molecule has 1 unspecified atom stereocenters. The minimum atomic E-state index is 0.0506. The van der Waals surface area contributed by atoms with E-state index in [1.807, 2.05) is 23.1 Å². The van der Waals surface area contributed by atoms with Gasteiger partial charge in [-0.3, -0.25) is 9.78 Å². The summed E-state index contributed by atoms with van der Waals surface area (Å²) in [5, 5.41) is 0. The highest BCUT2D eigenvalue weighted by molar-refractivity contribution is 5.93. The first-order valence-electron chi connectivity index (χ1n) is 10.0. The Labute approximate surface area is 161 Å². The Hall–Kier alpha value is -2.56. The SMILES string of the molecule is CC1CCCN(c2ccnc(C(=O)N3CCN(c4ccccc4)CC3)c2)C1. The van der Waals surface area contributed by atoms with Crippen LogP contribution >= 0.6 is 0 Å². The highest BCUT2D eigenvalue weighted by Gasteiger charge is 2.24. The van der Waals surface area contributed by atoms with E-state index in [4.69, 9.17) is 0 Å². The molecule has 5 heteroatoms. The topological polar surface area (TPSA) is 39.7 Å². The summed E-state index contributed by atoms with van der Waals surface area (Å²) in [5.41, 5.74) is 2.92. The number of carbonyl (C=O) groups excluding carboxylic acids is 1. The third-order valence-corrected chi connectivity index (χ3v) is 5.67. The van der Waals surface area contributed by atoms with Crippen LogP contribution in [0.25, 0.3) is 0 Å². The number of para-hydroxylation sites is 1. The Morgan fingerprint density at radius 3 is 2.48 bits per heavy atom. The molecule has 5 nitrogen and oxygen atoms in total. The van der Waals surface area contributed by atoms with Crippen LogP contribution in [0.15, 0.2) is 48.7 Å². The Morgan fingerprint density at radius 1 is 0.963 bits per heavy atom. The van der Waals surface area contributed by atoms with Crippen LogP contribution in [0.4, 0.5) is 11.4 Å². The predicted molar refractivity (Wildman–Crippen MR) is 109 cm³/mol. The van der Waals surface area contributed by atoms with E-state index in [0.29, 0.717) is 11.6 Å². The second kappa shape index (κ2) is 7.99. The summed E-state index contributed by atoms with van der Waals surface area (Å²) < 4.78 is 0. The van der Waals surface area contributed by atoms with E-state index < -0.39 is 0 Å². The zero-order valence-corrected chi connectivity index (χ0v) is 16.1. The molecule has 0 N–H and O–H groups in total. The molecule has 0 bridgehead atoms. The van der Waals surface area contributed by atoms with E-state index in [9.17, 15) is 4.79 Å². The summed E-state index contributed by atoms with van der Waals surface area (Å²) in [6.45, 7) is 7.62. The summed E-state index contributed by atoms with van der Waals surface area (Å²) in [5.74, 6) is 0.756. The Kier molecular flexibility index (Phi) is 5.28. The van der Waals surface area contributed by atoms with Crippen molar-refractivity contribution in [3.05, 3.63) is 54.4 Å². The molecule has 142 valence electrons. The lowest BCUT2D eigenvalue weighted by atomic mass is 10.00. The van der Waals surface area contributed by atoms with Crippen molar-refractivity contribution in [3.63, 3.8) is 0 Å². The van der Waals surface area contributed by atoms with E-state index in [1.165, 1.54) is 18.5 Å². The average Bonchev–Trinajstić information content (AvgIpc) is 2.74. The highest BCUT2D eigenvalue weighted by atomic mass is 16.2. The van der Waals surface area contributed by atoms with Crippen molar-refractivity contribution in [1.29, 1.82) is 0 Å². The fourth-order valence-corrected chi connectivity index (χ4v) is 4.13. The number of piperazine rings is 1. The number of rotatable bonds is 3. The minimum absolute atomic E-state index is 0.0506. The second-order valence-electron chi connectivity index (χ2n) is 7.71. The van der Waals surface area contributed by atoms with Crippen LogP contribution in [-0.2, 0) is 0 Å². The maximum Gasteiger partial charge on any atom is 0.272 e. The number of amides is 1. The molecule has 1 amide bonds. The monoisotopic (exact) mass is 364 g/mol. The fourth-order valence-electron chi connectivity index (χ4n) is 4.13. The van der Waals surface area contributed by atoms with E-state index >= 15 is 0 Å². The lowest BCUT2D eigenvalue weighted by Gasteiger charge is -2.36. The number of pyridine rings is 1. The van der Waals surface area contributed by atoms with Crippen molar-refractivity contribution in [2.45, 2.75) is 19.8 Å². The molecule has 4 rings (SSSR count). The van der Waals surface area contributed by atoms with Gasteiger partial charge in [-0.05, 0) is 43.0 Å². The summed E-state index contributed by atoms with van der Waals surface area (Å²) in [6.07, 6.45) is 4.29. The third kappa shape index (κ3) is 4.07. The van der Waals surface area contributed by atoms with Crippen molar-refractivity contribution in [2.75, 3.05) is 49.1 Å².